The molecule has 0 aliphatic rings. The number of halogens is 4. The third-order valence-electron chi connectivity index (χ3n) is 3.65. The van der Waals surface area contributed by atoms with Crippen molar-refractivity contribution in [2.45, 2.75) is 19.5 Å². The molecule has 0 heterocycles. The fourth-order valence-corrected chi connectivity index (χ4v) is 3.28. The molecule has 0 unspecified atom stereocenters. The molecule has 2 aromatic carbocycles. The lowest BCUT2D eigenvalue weighted by Crippen LogP contribution is -2.40. The van der Waals surface area contributed by atoms with E-state index < -0.39 is 28.2 Å². The quantitative estimate of drug-likeness (QED) is 0.625. The number of benzene rings is 2. The van der Waals surface area contributed by atoms with Gasteiger partial charge in [-0.25, -0.2) is 18.2 Å². The predicted octanol–water partition coefficient (Wildman–Crippen LogP) is 2.83. The Morgan fingerprint density at radius 2 is 1.82 bits per heavy atom. The average molecular weight is 436 g/mol. The van der Waals surface area contributed by atoms with Crippen LogP contribution in [0.15, 0.2) is 42.5 Å². The lowest BCUT2D eigenvalue weighted by Gasteiger charge is -2.23. The number of hydrazine groups is 1. The Kier molecular flexibility index (Phi) is 7.28. The molecule has 0 atom stereocenters. The summed E-state index contributed by atoms with van der Waals surface area (Å²) in [6, 6.07) is 10.1. The van der Waals surface area contributed by atoms with Crippen molar-refractivity contribution in [3.63, 3.8) is 0 Å². The van der Waals surface area contributed by atoms with Gasteiger partial charge in [0.05, 0.1) is 18.5 Å². The van der Waals surface area contributed by atoms with Gasteiger partial charge in [0.2, 0.25) is 10.0 Å². The summed E-state index contributed by atoms with van der Waals surface area (Å²) in [5.74, 6) is -2.18. The van der Waals surface area contributed by atoms with Gasteiger partial charge in [-0.2, -0.15) is 8.78 Å². The third kappa shape index (κ3) is 6.11. The fraction of sp³-hybridized carbons (Fsp3) is 0.235. The van der Waals surface area contributed by atoms with E-state index in [0.29, 0.717) is 16.3 Å². The van der Waals surface area contributed by atoms with E-state index in [9.17, 15) is 26.4 Å². The van der Waals surface area contributed by atoms with Crippen molar-refractivity contribution in [2.24, 2.45) is 0 Å². The number of nitrogens with zero attached hydrogens (tertiary/aromatic N) is 1. The topological polar surface area (TPSA) is 78.5 Å². The lowest BCUT2D eigenvalue weighted by atomic mass is 10.1. The van der Waals surface area contributed by atoms with Crippen molar-refractivity contribution in [2.75, 3.05) is 10.6 Å². The number of carbonyl (C=O) groups is 1. The Morgan fingerprint density at radius 3 is 2.36 bits per heavy atom. The molecule has 0 aliphatic carbocycles. The van der Waals surface area contributed by atoms with Crippen molar-refractivity contribution in [3.05, 3.63) is 64.4 Å². The molecule has 0 fully saturated rings. The number of anilines is 1. The summed E-state index contributed by atoms with van der Waals surface area (Å²) in [6.45, 7) is -0.342. The van der Waals surface area contributed by atoms with Crippen LogP contribution in [0.2, 0.25) is 5.02 Å². The number of hydrogen-bond acceptors (Lipinski definition) is 4. The minimum absolute atomic E-state index is 0.0946. The summed E-state index contributed by atoms with van der Waals surface area (Å²) < 4.78 is 63.8. The molecular formula is C17H17ClF3N3O3S. The second-order valence-electron chi connectivity index (χ2n) is 5.82. The number of nitrogens with one attached hydrogen (secondary N) is 2. The number of sulfonamides is 1. The van der Waals surface area contributed by atoms with Gasteiger partial charge in [0, 0.05) is 17.1 Å². The number of alkyl halides is 2. The molecule has 0 saturated carbocycles. The molecule has 0 aromatic heterocycles. The highest BCUT2D eigenvalue weighted by atomic mass is 35.5. The number of rotatable bonds is 8. The SMILES string of the molecule is CS(=O)(=O)N(Cc1ccc(CNNC(=O)C(F)F)cc1F)c1ccc(Cl)cc1. The Balaban J connectivity index is 2.13. The zero-order chi connectivity index (χ0) is 20.9. The molecule has 152 valence electrons. The van der Waals surface area contributed by atoms with E-state index >= 15 is 0 Å². The Labute approximate surface area is 165 Å². The molecule has 2 aromatic rings. The second-order valence-corrected chi connectivity index (χ2v) is 8.16. The van der Waals surface area contributed by atoms with Gasteiger partial charge in [-0.15, -0.1) is 0 Å². The number of carbonyl (C=O) groups excluding carboxylic acids is 1. The molecule has 0 spiro atoms. The van der Waals surface area contributed by atoms with Crippen molar-refractivity contribution in [1.82, 2.24) is 10.9 Å². The van der Waals surface area contributed by atoms with Gasteiger partial charge in [-0.1, -0.05) is 23.7 Å². The van der Waals surface area contributed by atoms with E-state index in [-0.39, 0.29) is 18.7 Å². The Morgan fingerprint density at radius 1 is 1.18 bits per heavy atom. The Hall–Kier alpha value is -2.30. The molecular weight excluding hydrogens is 419 g/mol. The molecule has 0 saturated heterocycles. The van der Waals surface area contributed by atoms with Crippen LogP contribution in [0.1, 0.15) is 11.1 Å². The molecule has 6 nitrogen and oxygen atoms in total. The first-order chi connectivity index (χ1) is 13.1. The summed E-state index contributed by atoms with van der Waals surface area (Å²) in [5, 5.41) is 0.430. The minimum Gasteiger partial charge on any atom is -0.286 e. The number of hydrogen-bond donors (Lipinski definition) is 2. The van der Waals surface area contributed by atoms with E-state index in [1.54, 1.807) is 5.43 Å². The predicted molar refractivity (Wildman–Crippen MR) is 99.9 cm³/mol. The van der Waals surface area contributed by atoms with E-state index in [4.69, 9.17) is 11.6 Å². The molecule has 1 amide bonds. The highest BCUT2D eigenvalue weighted by molar-refractivity contribution is 7.92. The van der Waals surface area contributed by atoms with Gasteiger partial charge in [-0.05, 0) is 35.9 Å². The highest BCUT2D eigenvalue weighted by Gasteiger charge is 2.20. The van der Waals surface area contributed by atoms with Crippen molar-refractivity contribution in [3.8, 4) is 0 Å². The zero-order valence-electron chi connectivity index (χ0n) is 14.6. The maximum Gasteiger partial charge on any atom is 0.316 e. The van der Waals surface area contributed by atoms with Crippen LogP contribution in [-0.2, 0) is 27.9 Å². The van der Waals surface area contributed by atoms with Gasteiger partial charge >= 0.3 is 12.3 Å². The van der Waals surface area contributed by atoms with Crippen LogP contribution >= 0.6 is 11.6 Å². The summed E-state index contributed by atoms with van der Waals surface area (Å²) >= 11 is 5.81. The van der Waals surface area contributed by atoms with Crippen LogP contribution < -0.4 is 15.2 Å². The van der Waals surface area contributed by atoms with Gasteiger partial charge in [0.25, 0.3) is 0 Å². The second kappa shape index (κ2) is 9.26. The zero-order valence-corrected chi connectivity index (χ0v) is 16.2. The summed E-state index contributed by atoms with van der Waals surface area (Å²) in [7, 11) is -3.70. The molecule has 2 rings (SSSR count). The van der Waals surface area contributed by atoms with Crippen LogP contribution in [0.3, 0.4) is 0 Å². The van der Waals surface area contributed by atoms with Gasteiger partial charge in [0.1, 0.15) is 5.82 Å². The van der Waals surface area contributed by atoms with Gasteiger partial charge in [0.15, 0.2) is 0 Å². The van der Waals surface area contributed by atoms with E-state index in [2.05, 4.69) is 5.43 Å². The standard InChI is InChI=1S/C17H17ClF3N3O3S/c1-28(26,27)24(14-6-4-13(18)5-7-14)10-12-3-2-11(8-15(12)19)9-22-23-17(25)16(20)21/h2-8,16,22H,9-10H2,1H3,(H,23,25). The summed E-state index contributed by atoms with van der Waals surface area (Å²) in [4.78, 5) is 10.8. The first-order valence-corrected chi connectivity index (χ1v) is 10.1. The van der Waals surface area contributed by atoms with Crippen LogP contribution in [-0.4, -0.2) is 27.0 Å². The first-order valence-electron chi connectivity index (χ1n) is 7.89. The van der Waals surface area contributed by atoms with Crippen molar-refractivity contribution < 1.29 is 26.4 Å². The van der Waals surface area contributed by atoms with Gasteiger partial charge < -0.3 is 0 Å². The first kappa shape index (κ1) is 22.0. The fourth-order valence-electron chi connectivity index (χ4n) is 2.28. The molecule has 0 aliphatic heterocycles. The molecule has 0 bridgehead atoms. The van der Waals surface area contributed by atoms with Crippen LogP contribution in [0, 0.1) is 5.82 Å². The van der Waals surface area contributed by atoms with Crippen LogP contribution in [0.25, 0.3) is 0 Å². The maximum atomic E-state index is 14.4. The average Bonchev–Trinajstić information content (AvgIpc) is 2.61. The monoisotopic (exact) mass is 435 g/mol. The molecule has 0 radical (unpaired) electrons. The van der Waals surface area contributed by atoms with E-state index in [1.165, 1.54) is 36.4 Å². The lowest BCUT2D eigenvalue weighted by molar-refractivity contribution is -0.132. The third-order valence-corrected chi connectivity index (χ3v) is 5.04. The summed E-state index contributed by atoms with van der Waals surface area (Å²) in [5.41, 5.74) is 4.85. The Bertz CT molecular complexity index is 940. The smallest absolute Gasteiger partial charge is 0.286 e. The summed E-state index contributed by atoms with van der Waals surface area (Å²) in [6.07, 6.45) is -2.16. The highest BCUT2D eigenvalue weighted by Crippen LogP contribution is 2.24. The largest absolute Gasteiger partial charge is 0.316 e. The molecule has 28 heavy (non-hydrogen) atoms. The van der Waals surface area contributed by atoms with Crippen LogP contribution in [0.4, 0.5) is 18.9 Å². The van der Waals surface area contributed by atoms with Crippen molar-refractivity contribution in [1.29, 1.82) is 0 Å². The van der Waals surface area contributed by atoms with Crippen LogP contribution in [0.5, 0.6) is 0 Å². The van der Waals surface area contributed by atoms with Gasteiger partial charge in [-0.3, -0.25) is 14.5 Å². The van der Waals surface area contributed by atoms with Crippen molar-refractivity contribution >= 4 is 33.2 Å². The normalized spacial score (nSPS) is 11.5. The number of amides is 1. The van der Waals surface area contributed by atoms with E-state index in [1.807, 2.05) is 0 Å². The molecule has 2 N–H and O–H groups in total. The molecule has 11 heteroatoms. The van der Waals surface area contributed by atoms with E-state index in [0.717, 1.165) is 16.6 Å². The minimum atomic E-state index is -3.70. The maximum absolute atomic E-state index is 14.4.